The van der Waals surface area contributed by atoms with Crippen molar-refractivity contribution in [3.8, 4) is 11.1 Å². The van der Waals surface area contributed by atoms with Gasteiger partial charge in [0, 0.05) is 0 Å². The number of aryl methyl sites for hydroxylation is 1. The van der Waals surface area contributed by atoms with Gasteiger partial charge in [0.2, 0.25) is 0 Å². The van der Waals surface area contributed by atoms with Crippen LogP contribution in [-0.4, -0.2) is 0 Å². The fourth-order valence-electron chi connectivity index (χ4n) is 2.85. The minimum atomic E-state index is 0.529. The first-order valence-electron chi connectivity index (χ1n) is 6.68. The molecule has 3 rings (SSSR count). The molecule has 0 nitrogen and oxygen atoms in total. The fraction of sp³-hybridized carbons (Fsp3) is 0.294. The van der Waals surface area contributed by atoms with Gasteiger partial charge in [-0.05, 0) is 40.7 Å². The summed E-state index contributed by atoms with van der Waals surface area (Å²) in [6, 6.07) is 15.6. The van der Waals surface area contributed by atoms with Gasteiger partial charge in [-0.3, -0.25) is 0 Å². The third-order valence-corrected chi connectivity index (χ3v) is 5.07. The van der Waals surface area contributed by atoms with E-state index in [1.165, 1.54) is 36.0 Å². The highest BCUT2D eigenvalue weighted by Gasteiger charge is 2.27. The largest absolute Gasteiger partial charge is 0.0721 e. The zero-order chi connectivity index (χ0) is 12.5. The highest BCUT2D eigenvalue weighted by atomic mass is 127. The Bertz CT molecular complexity index is 572. The first-order valence-corrected chi connectivity index (χ1v) is 7.92. The molecule has 1 unspecified atom stereocenters. The zero-order valence-corrected chi connectivity index (χ0v) is 12.8. The fourth-order valence-corrected chi connectivity index (χ4v) is 4.13. The smallest absolute Gasteiger partial charge is 0.0623 e. The van der Waals surface area contributed by atoms with Gasteiger partial charge in [0.1, 0.15) is 0 Å². The number of fused-ring (bicyclic) bond motifs is 3. The first-order chi connectivity index (χ1) is 8.83. The molecule has 1 heteroatoms. The summed E-state index contributed by atoms with van der Waals surface area (Å²) >= 11 is 2.59. The molecule has 0 spiro atoms. The number of benzene rings is 2. The van der Waals surface area contributed by atoms with E-state index < -0.39 is 0 Å². The average molecular weight is 348 g/mol. The molecule has 0 radical (unpaired) electrons. The minimum absolute atomic E-state index is 0.529. The summed E-state index contributed by atoms with van der Waals surface area (Å²) in [7, 11) is 0. The van der Waals surface area contributed by atoms with Gasteiger partial charge < -0.3 is 0 Å². The summed E-state index contributed by atoms with van der Waals surface area (Å²) in [5, 5.41) is 0. The van der Waals surface area contributed by atoms with E-state index >= 15 is 0 Å². The molecule has 0 saturated carbocycles. The Kier molecular flexibility index (Phi) is 3.42. The van der Waals surface area contributed by atoms with Crippen molar-refractivity contribution >= 4 is 22.6 Å². The highest BCUT2D eigenvalue weighted by Crippen LogP contribution is 2.49. The SMILES string of the molecule is CCCCc1cccc2c1C(I)c1ccccc1-2. The maximum atomic E-state index is 2.59. The lowest BCUT2D eigenvalue weighted by Gasteiger charge is -2.11. The minimum Gasteiger partial charge on any atom is -0.0721 e. The van der Waals surface area contributed by atoms with Crippen LogP contribution in [0.15, 0.2) is 42.5 Å². The Morgan fingerprint density at radius 3 is 2.61 bits per heavy atom. The average Bonchev–Trinajstić information content (AvgIpc) is 2.72. The Balaban J connectivity index is 2.12. The van der Waals surface area contributed by atoms with Crippen LogP contribution in [0.4, 0.5) is 0 Å². The lowest BCUT2D eigenvalue weighted by molar-refractivity contribution is 0.790. The second kappa shape index (κ2) is 5.04. The van der Waals surface area contributed by atoms with Gasteiger partial charge in [-0.25, -0.2) is 0 Å². The number of unbranched alkanes of at least 4 members (excludes halogenated alkanes) is 1. The van der Waals surface area contributed by atoms with Crippen molar-refractivity contribution in [3.63, 3.8) is 0 Å². The van der Waals surface area contributed by atoms with E-state index in [4.69, 9.17) is 0 Å². The van der Waals surface area contributed by atoms with E-state index in [9.17, 15) is 0 Å². The van der Waals surface area contributed by atoms with Gasteiger partial charge in [0.25, 0.3) is 0 Å². The van der Waals surface area contributed by atoms with E-state index in [0.717, 1.165) is 0 Å². The lowest BCUT2D eigenvalue weighted by atomic mass is 9.97. The Labute approximate surface area is 123 Å². The summed E-state index contributed by atoms with van der Waals surface area (Å²) in [5.41, 5.74) is 7.48. The maximum Gasteiger partial charge on any atom is 0.0623 e. The van der Waals surface area contributed by atoms with Crippen molar-refractivity contribution in [2.45, 2.75) is 30.1 Å². The van der Waals surface area contributed by atoms with Crippen LogP contribution >= 0.6 is 22.6 Å². The number of hydrogen-bond acceptors (Lipinski definition) is 0. The normalized spacial score (nSPS) is 16.4. The summed E-state index contributed by atoms with van der Waals surface area (Å²) in [5.74, 6) is 0. The van der Waals surface area contributed by atoms with Gasteiger partial charge in [-0.2, -0.15) is 0 Å². The van der Waals surface area contributed by atoms with E-state index in [0.29, 0.717) is 3.92 Å². The Hall–Kier alpha value is -0.830. The van der Waals surface area contributed by atoms with Crippen molar-refractivity contribution in [1.29, 1.82) is 0 Å². The molecule has 1 aliphatic carbocycles. The molecule has 1 atom stereocenters. The molecule has 0 N–H and O–H groups in total. The first kappa shape index (κ1) is 12.2. The lowest BCUT2D eigenvalue weighted by Crippen LogP contribution is -1.94. The molecule has 0 heterocycles. The standard InChI is InChI=1S/C17H17I/c1-2-3-7-12-8-6-11-14-13-9-4-5-10-15(13)17(18)16(12)14/h4-6,8-11,17H,2-3,7H2,1H3. The van der Waals surface area contributed by atoms with E-state index in [-0.39, 0.29) is 0 Å². The van der Waals surface area contributed by atoms with Crippen molar-refractivity contribution in [3.05, 3.63) is 59.2 Å². The monoisotopic (exact) mass is 348 g/mol. The van der Waals surface area contributed by atoms with Crippen LogP contribution in [-0.2, 0) is 6.42 Å². The van der Waals surface area contributed by atoms with Crippen LogP contribution in [0, 0.1) is 0 Å². The second-order valence-electron chi connectivity index (χ2n) is 4.93. The van der Waals surface area contributed by atoms with Crippen molar-refractivity contribution in [2.75, 3.05) is 0 Å². The van der Waals surface area contributed by atoms with Crippen molar-refractivity contribution in [2.24, 2.45) is 0 Å². The maximum absolute atomic E-state index is 2.59. The molecule has 0 saturated heterocycles. The molecule has 18 heavy (non-hydrogen) atoms. The molecular weight excluding hydrogens is 331 g/mol. The highest BCUT2D eigenvalue weighted by molar-refractivity contribution is 14.1. The van der Waals surface area contributed by atoms with Crippen LogP contribution < -0.4 is 0 Å². The van der Waals surface area contributed by atoms with Crippen LogP contribution in [0.5, 0.6) is 0 Å². The molecule has 2 aromatic rings. The predicted octanol–water partition coefficient (Wildman–Crippen LogP) is 5.53. The van der Waals surface area contributed by atoms with E-state index in [1.54, 1.807) is 11.1 Å². The number of rotatable bonds is 3. The molecule has 0 aromatic heterocycles. The summed E-state index contributed by atoms with van der Waals surface area (Å²) in [6.45, 7) is 2.26. The van der Waals surface area contributed by atoms with Gasteiger partial charge in [-0.1, -0.05) is 78.4 Å². The summed E-state index contributed by atoms with van der Waals surface area (Å²) in [6.07, 6.45) is 3.77. The van der Waals surface area contributed by atoms with Gasteiger partial charge in [0.05, 0.1) is 3.92 Å². The summed E-state index contributed by atoms with van der Waals surface area (Å²) < 4.78 is 0.529. The van der Waals surface area contributed by atoms with E-state index in [2.05, 4.69) is 72.0 Å². The van der Waals surface area contributed by atoms with Crippen LogP contribution in [0.1, 0.15) is 40.4 Å². The molecule has 92 valence electrons. The molecule has 0 aliphatic heterocycles. The quantitative estimate of drug-likeness (QED) is 0.505. The summed E-state index contributed by atoms with van der Waals surface area (Å²) in [4.78, 5) is 0. The number of halogens is 1. The van der Waals surface area contributed by atoms with Gasteiger partial charge >= 0.3 is 0 Å². The molecule has 1 aliphatic rings. The van der Waals surface area contributed by atoms with Crippen molar-refractivity contribution < 1.29 is 0 Å². The van der Waals surface area contributed by atoms with Gasteiger partial charge in [0.15, 0.2) is 0 Å². The van der Waals surface area contributed by atoms with Crippen molar-refractivity contribution in [1.82, 2.24) is 0 Å². The zero-order valence-electron chi connectivity index (χ0n) is 10.6. The van der Waals surface area contributed by atoms with E-state index in [1.807, 2.05) is 0 Å². The number of hydrogen-bond donors (Lipinski definition) is 0. The molecule has 2 aromatic carbocycles. The Morgan fingerprint density at radius 2 is 1.78 bits per heavy atom. The molecular formula is C17H17I. The van der Waals surface area contributed by atoms with Crippen LogP contribution in [0.2, 0.25) is 0 Å². The predicted molar refractivity (Wildman–Crippen MR) is 86.4 cm³/mol. The van der Waals surface area contributed by atoms with Crippen LogP contribution in [0.3, 0.4) is 0 Å². The molecule has 0 fully saturated rings. The topological polar surface area (TPSA) is 0 Å². The number of alkyl halides is 1. The molecule has 0 amide bonds. The third kappa shape index (κ3) is 1.89. The Morgan fingerprint density at radius 1 is 1.00 bits per heavy atom. The molecule has 0 bridgehead atoms. The van der Waals surface area contributed by atoms with Gasteiger partial charge in [-0.15, -0.1) is 0 Å². The van der Waals surface area contributed by atoms with Crippen LogP contribution in [0.25, 0.3) is 11.1 Å². The second-order valence-corrected chi connectivity index (χ2v) is 6.18. The third-order valence-electron chi connectivity index (χ3n) is 3.77.